The number of nitrogens with one attached hydrogen (secondary N) is 1. The van der Waals surface area contributed by atoms with E-state index in [-0.39, 0.29) is 29.8 Å². The Balaban J connectivity index is 0.00000243. The van der Waals surface area contributed by atoms with Crippen molar-refractivity contribution in [3.8, 4) is 0 Å². The third kappa shape index (κ3) is 6.26. The first-order valence-corrected chi connectivity index (χ1v) is 9.38. The lowest BCUT2D eigenvalue weighted by Crippen LogP contribution is -2.52. The average molecular weight is 476 g/mol. The molecule has 0 radical (unpaired) electrons. The molecule has 0 aromatic heterocycles. The van der Waals surface area contributed by atoms with Crippen molar-refractivity contribution in [2.24, 2.45) is 10.9 Å². The van der Waals surface area contributed by atoms with E-state index in [0.29, 0.717) is 18.8 Å². The van der Waals surface area contributed by atoms with Gasteiger partial charge in [0.05, 0.1) is 18.8 Å². The van der Waals surface area contributed by atoms with Gasteiger partial charge < -0.3 is 19.9 Å². The zero-order valence-corrected chi connectivity index (χ0v) is 17.8. The summed E-state index contributed by atoms with van der Waals surface area (Å²) in [6.07, 6.45) is 2.64. The van der Waals surface area contributed by atoms with Gasteiger partial charge in [-0.3, -0.25) is 4.99 Å². The number of halogens is 2. The first-order valence-electron chi connectivity index (χ1n) is 9.38. The summed E-state index contributed by atoms with van der Waals surface area (Å²) < 4.78 is 19.6. The van der Waals surface area contributed by atoms with E-state index in [4.69, 9.17) is 4.74 Å². The van der Waals surface area contributed by atoms with Gasteiger partial charge in [-0.15, -0.1) is 24.0 Å². The maximum absolute atomic E-state index is 13.9. The van der Waals surface area contributed by atoms with Crippen LogP contribution in [0.25, 0.3) is 0 Å². The van der Waals surface area contributed by atoms with Crippen molar-refractivity contribution >= 4 is 35.6 Å². The van der Waals surface area contributed by atoms with Crippen LogP contribution in [0.1, 0.15) is 19.8 Å². The Kier molecular flexibility index (Phi) is 8.90. The molecule has 1 N–H and O–H groups in total. The molecule has 0 unspecified atom stereocenters. The van der Waals surface area contributed by atoms with Gasteiger partial charge in [0.25, 0.3) is 0 Å². The number of para-hydroxylation sites is 1. The summed E-state index contributed by atoms with van der Waals surface area (Å²) in [6, 6.07) is 6.99. The molecule has 0 bridgehead atoms. The van der Waals surface area contributed by atoms with Gasteiger partial charge in [-0.1, -0.05) is 12.1 Å². The van der Waals surface area contributed by atoms with Crippen LogP contribution in [-0.2, 0) is 4.74 Å². The van der Waals surface area contributed by atoms with Crippen LogP contribution in [0, 0.1) is 11.7 Å². The highest BCUT2D eigenvalue weighted by atomic mass is 127. The molecule has 1 aliphatic heterocycles. The molecule has 7 heteroatoms. The molecule has 2 fully saturated rings. The van der Waals surface area contributed by atoms with Crippen LogP contribution in [-0.4, -0.2) is 63.3 Å². The predicted molar refractivity (Wildman–Crippen MR) is 115 cm³/mol. The number of hydrogen-bond donors (Lipinski definition) is 1. The van der Waals surface area contributed by atoms with E-state index in [1.54, 1.807) is 6.07 Å². The summed E-state index contributed by atoms with van der Waals surface area (Å²) in [6.45, 7) is 8.43. The minimum atomic E-state index is -0.149. The third-order valence-electron chi connectivity index (χ3n) is 4.65. The summed E-state index contributed by atoms with van der Waals surface area (Å²) in [5.74, 6) is 1.58. The van der Waals surface area contributed by atoms with E-state index in [1.807, 2.05) is 12.1 Å². The first-order chi connectivity index (χ1) is 12.3. The quantitative estimate of drug-likeness (QED) is 0.285. The number of piperazine rings is 1. The highest BCUT2D eigenvalue weighted by Gasteiger charge is 2.22. The van der Waals surface area contributed by atoms with E-state index in [0.717, 1.165) is 51.2 Å². The van der Waals surface area contributed by atoms with E-state index in [9.17, 15) is 4.39 Å². The van der Waals surface area contributed by atoms with Crippen LogP contribution in [0.4, 0.5) is 10.1 Å². The largest absolute Gasteiger partial charge is 0.379 e. The predicted octanol–water partition coefficient (Wildman–Crippen LogP) is 2.96. The second-order valence-electron chi connectivity index (χ2n) is 6.68. The molecule has 0 amide bonds. The summed E-state index contributed by atoms with van der Waals surface area (Å²) in [5, 5.41) is 3.36. The lowest BCUT2D eigenvalue weighted by molar-refractivity contribution is 0.131. The van der Waals surface area contributed by atoms with E-state index in [2.05, 4.69) is 27.0 Å². The van der Waals surface area contributed by atoms with Gasteiger partial charge in [-0.05, 0) is 37.8 Å². The zero-order valence-electron chi connectivity index (χ0n) is 15.5. The van der Waals surface area contributed by atoms with Gasteiger partial charge in [-0.2, -0.15) is 0 Å². The van der Waals surface area contributed by atoms with Gasteiger partial charge in [-0.25, -0.2) is 4.39 Å². The molecule has 1 saturated carbocycles. The Hall–Kier alpha value is -1.09. The molecule has 1 aromatic rings. The molecule has 3 rings (SSSR count). The normalized spacial score (nSPS) is 17.8. The Bertz CT molecular complexity index is 574. The van der Waals surface area contributed by atoms with Gasteiger partial charge in [0, 0.05) is 39.3 Å². The standard InChI is InChI=1S/C19H29FN4O.HI/c1-2-21-19(22-9-14-25-15-16-7-8-16)24-12-10-23(11-13-24)18-6-4-3-5-17(18)20;/h3-6,16H,2,7-15H2,1H3,(H,21,22);1H. The van der Waals surface area contributed by atoms with Crippen LogP contribution in [0.5, 0.6) is 0 Å². The number of benzene rings is 1. The molecule has 26 heavy (non-hydrogen) atoms. The molecule has 1 saturated heterocycles. The summed E-state index contributed by atoms with van der Waals surface area (Å²) >= 11 is 0. The van der Waals surface area contributed by atoms with Crippen LogP contribution in [0.15, 0.2) is 29.3 Å². The number of nitrogens with zero attached hydrogens (tertiary/aromatic N) is 3. The van der Waals surface area contributed by atoms with Crippen molar-refractivity contribution in [3.63, 3.8) is 0 Å². The molecule has 1 aromatic carbocycles. The van der Waals surface area contributed by atoms with Gasteiger partial charge in [0.2, 0.25) is 0 Å². The second-order valence-corrected chi connectivity index (χ2v) is 6.68. The maximum atomic E-state index is 13.9. The van der Waals surface area contributed by atoms with Gasteiger partial charge in [0.1, 0.15) is 5.82 Å². The third-order valence-corrected chi connectivity index (χ3v) is 4.65. The first kappa shape index (κ1) is 21.2. The topological polar surface area (TPSA) is 40.1 Å². The minimum Gasteiger partial charge on any atom is -0.379 e. The molecule has 0 atom stereocenters. The van der Waals surface area contributed by atoms with E-state index in [1.165, 1.54) is 18.9 Å². The highest BCUT2D eigenvalue weighted by Crippen LogP contribution is 2.28. The van der Waals surface area contributed by atoms with Crippen molar-refractivity contribution in [1.82, 2.24) is 10.2 Å². The summed E-state index contributed by atoms with van der Waals surface area (Å²) in [5.41, 5.74) is 0.692. The molecule has 146 valence electrons. The van der Waals surface area contributed by atoms with Crippen LogP contribution >= 0.6 is 24.0 Å². The summed E-state index contributed by atoms with van der Waals surface area (Å²) in [4.78, 5) is 9.04. The monoisotopic (exact) mass is 476 g/mol. The van der Waals surface area contributed by atoms with Crippen molar-refractivity contribution < 1.29 is 9.13 Å². The van der Waals surface area contributed by atoms with Crippen molar-refractivity contribution in [2.45, 2.75) is 19.8 Å². The Morgan fingerprint density at radius 2 is 1.96 bits per heavy atom. The lowest BCUT2D eigenvalue weighted by Gasteiger charge is -2.37. The molecular formula is C19H30FIN4O. The fourth-order valence-corrected chi connectivity index (χ4v) is 3.04. The fraction of sp³-hybridized carbons (Fsp3) is 0.632. The minimum absolute atomic E-state index is 0. The van der Waals surface area contributed by atoms with Gasteiger partial charge >= 0.3 is 0 Å². The summed E-state index contributed by atoms with van der Waals surface area (Å²) in [7, 11) is 0. The number of guanidine groups is 1. The molecule has 5 nitrogen and oxygen atoms in total. The Morgan fingerprint density at radius 3 is 2.62 bits per heavy atom. The average Bonchev–Trinajstić information content (AvgIpc) is 3.46. The van der Waals surface area contributed by atoms with Crippen LogP contribution in [0.3, 0.4) is 0 Å². The number of hydrogen-bond acceptors (Lipinski definition) is 3. The Morgan fingerprint density at radius 1 is 1.23 bits per heavy atom. The lowest BCUT2D eigenvalue weighted by atomic mass is 10.2. The van der Waals surface area contributed by atoms with E-state index >= 15 is 0 Å². The van der Waals surface area contributed by atoms with Crippen LogP contribution < -0.4 is 10.2 Å². The van der Waals surface area contributed by atoms with E-state index < -0.39 is 0 Å². The molecule has 1 heterocycles. The molecular weight excluding hydrogens is 446 g/mol. The number of rotatable bonds is 7. The van der Waals surface area contributed by atoms with Crippen LogP contribution in [0.2, 0.25) is 0 Å². The smallest absolute Gasteiger partial charge is 0.194 e. The number of aliphatic imine (C=N–C) groups is 1. The van der Waals surface area contributed by atoms with Crippen molar-refractivity contribution in [1.29, 1.82) is 0 Å². The molecule has 1 aliphatic carbocycles. The second kappa shape index (κ2) is 10.9. The maximum Gasteiger partial charge on any atom is 0.194 e. The zero-order chi connectivity index (χ0) is 17.5. The van der Waals surface area contributed by atoms with Crippen molar-refractivity contribution in [2.75, 3.05) is 57.4 Å². The Labute approximate surface area is 173 Å². The number of anilines is 1. The van der Waals surface area contributed by atoms with Crippen molar-refractivity contribution in [3.05, 3.63) is 30.1 Å². The van der Waals surface area contributed by atoms with Gasteiger partial charge in [0.15, 0.2) is 5.96 Å². The molecule has 2 aliphatic rings. The molecule has 0 spiro atoms. The highest BCUT2D eigenvalue weighted by molar-refractivity contribution is 14.0. The fourth-order valence-electron chi connectivity index (χ4n) is 3.04. The SMILES string of the molecule is CCNC(=NCCOCC1CC1)N1CCN(c2ccccc2F)CC1.I. The number of ether oxygens (including phenoxy) is 1.